The van der Waals surface area contributed by atoms with Crippen molar-refractivity contribution >= 4 is 17.1 Å². The molecule has 0 bridgehead atoms. The highest BCUT2D eigenvalue weighted by molar-refractivity contribution is 5.81. The fourth-order valence-corrected chi connectivity index (χ4v) is 5.18. The van der Waals surface area contributed by atoms with E-state index in [4.69, 9.17) is 0 Å². The molecule has 1 nitrogen and oxygen atoms in total. The SMILES string of the molecule is CC(C)c1ccc(-c2ccc(N(c3ccc(-c4ccccc4)cc3)c3ccc(-c4ccccc4)cc3)cc2)cc1. The number of nitrogens with zero attached hydrogens (tertiary/aromatic N) is 1. The van der Waals surface area contributed by atoms with E-state index in [1.165, 1.54) is 38.9 Å². The van der Waals surface area contributed by atoms with Gasteiger partial charge >= 0.3 is 0 Å². The molecule has 0 aliphatic rings. The van der Waals surface area contributed by atoms with Crippen LogP contribution >= 0.6 is 0 Å². The predicted octanol–water partition coefficient (Wildman–Crippen LogP) is 11.3. The largest absolute Gasteiger partial charge is 0.311 e. The summed E-state index contributed by atoms with van der Waals surface area (Å²) < 4.78 is 0. The van der Waals surface area contributed by atoms with Crippen LogP contribution in [0.1, 0.15) is 25.3 Å². The third-order valence-corrected chi connectivity index (χ3v) is 7.50. The Labute approximate surface area is 238 Å². The van der Waals surface area contributed by atoms with Gasteiger partial charge in [0, 0.05) is 17.1 Å². The highest BCUT2D eigenvalue weighted by Crippen LogP contribution is 2.37. The van der Waals surface area contributed by atoms with Gasteiger partial charge in [-0.1, -0.05) is 135 Å². The maximum atomic E-state index is 2.33. The molecule has 0 atom stereocenters. The standard InChI is InChI=1S/C39H33N/c1-29(2)30-13-15-33(16-14-30)36-21-27-39(28-22-36)40(37-23-17-34(18-24-37)31-9-5-3-6-10-31)38-25-19-35(20-26-38)32-11-7-4-8-12-32/h3-29H,1-2H3. The van der Waals surface area contributed by atoms with Crippen LogP contribution in [-0.4, -0.2) is 0 Å². The molecule has 6 rings (SSSR count). The molecular weight excluding hydrogens is 482 g/mol. The first kappa shape index (κ1) is 25.4. The second-order valence-electron chi connectivity index (χ2n) is 10.5. The molecule has 0 aromatic heterocycles. The number of hydrogen-bond donors (Lipinski definition) is 0. The molecule has 0 heterocycles. The fraction of sp³-hybridized carbons (Fsp3) is 0.0769. The zero-order valence-electron chi connectivity index (χ0n) is 23.0. The van der Waals surface area contributed by atoms with E-state index in [0.717, 1.165) is 17.1 Å². The number of hydrogen-bond acceptors (Lipinski definition) is 1. The van der Waals surface area contributed by atoms with E-state index in [1.807, 2.05) is 0 Å². The van der Waals surface area contributed by atoms with Gasteiger partial charge in [0.2, 0.25) is 0 Å². The van der Waals surface area contributed by atoms with E-state index < -0.39 is 0 Å². The molecule has 0 amide bonds. The molecule has 6 aromatic rings. The van der Waals surface area contributed by atoms with Crippen molar-refractivity contribution in [1.29, 1.82) is 0 Å². The molecular formula is C39H33N. The van der Waals surface area contributed by atoms with Gasteiger partial charge in [-0.2, -0.15) is 0 Å². The van der Waals surface area contributed by atoms with Crippen LogP contribution in [0.2, 0.25) is 0 Å². The summed E-state index contributed by atoms with van der Waals surface area (Å²) in [6.45, 7) is 4.47. The second-order valence-corrected chi connectivity index (χ2v) is 10.5. The second kappa shape index (κ2) is 11.5. The number of rotatable bonds is 7. The van der Waals surface area contributed by atoms with Crippen molar-refractivity contribution in [3.63, 3.8) is 0 Å². The molecule has 40 heavy (non-hydrogen) atoms. The van der Waals surface area contributed by atoms with Gasteiger partial charge < -0.3 is 4.90 Å². The Bertz CT molecular complexity index is 1570. The van der Waals surface area contributed by atoms with Gasteiger partial charge in [0.25, 0.3) is 0 Å². The summed E-state index contributed by atoms with van der Waals surface area (Å²) in [6, 6.07) is 56.6. The topological polar surface area (TPSA) is 3.24 Å². The van der Waals surface area contributed by atoms with Gasteiger partial charge in [0.1, 0.15) is 0 Å². The Balaban J connectivity index is 1.36. The maximum absolute atomic E-state index is 2.33. The Morgan fingerprint density at radius 2 is 0.600 bits per heavy atom. The van der Waals surface area contributed by atoms with Crippen molar-refractivity contribution in [2.45, 2.75) is 19.8 Å². The Morgan fingerprint density at radius 3 is 0.900 bits per heavy atom. The summed E-state index contributed by atoms with van der Waals surface area (Å²) in [6.07, 6.45) is 0. The molecule has 0 saturated carbocycles. The van der Waals surface area contributed by atoms with E-state index in [2.05, 4.69) is 176 Å². The average Bonchev–Trinajstić information content (AvgIpc) is 3.03. The fourth-order valence-electron chi connectivity index (χ4n) is 5.18. The van der Waals surface area contributed by atoms with Crippen LogP contribution in [0.15, 0.2) is 158 Å². The monoisotopic (exact) mass is 515 g/mol. The third-order valence-electron chi connectivity index (χ3n) is 7.50. The third kappa shape index (κ3) is 5.46. The molecule has 0 radical (unpaired) electrons. The van der Waals surface area contributed by atoms with E-state index in [9.17, 15) is 0 Å². The van der Waals surface area contributed by atoms with Crippen LogP contribution in [0.5, 0.6) is 0 Å². The van der Waals surface area contributed by atoms with Crippen molar-refractivity contribution in [3.05, 3.63) is 163 Å². The number of anilines is 3. The molecule has 0 saturated heterocycles. The molecule has 194 valence electrons. The molecule has 6 aromatic carbocycles. The van der Waals surface area contributed by atoms with Crippen LogP contribution in [-0.2, 0) is 0 Å². The molecule has 0 fully saturated rings. The van der Waals surface area contributed by atoms with Crippen molar-refractivity contribution in [2.24, 2.45) is 0 Å². The quantitative estimate of drug-likeness (QED) is 0.204. The summed E-state index contributed by atoms with van der Waals surface area (Å²) in [5.74, 6) is 0.534. The summed E-state index contributed by atoms with van der Waals surface area (Å²) in [7, 11) is 0. The summed E-state index contributed by atoms with van der Waals surface area (Å²) in [5, 5.41) is 0. The first-order valence-corrected chi connectivity index (χ1v) is 14.0. The molecule has 0 unspecified atom stereocenters. The zero-order valence-corrected chi connectivity index (χ0v) is 23.0. The van der Waals surface area contributed by atoms with Crippen LogP contribution in [0.25, 0.3) is 33.4 Å². The molecule has 0 N–H and O–H groups in total. The average molecular weight is 516 g/mol. The lowest BCUT2D eigenvalue weighted by atomic mass is 9.98. The van der Waals surface area contributed by atoms with Crippen LogP contribution < -0.4 is 4.90 Å². The van der Waals surface area contributed by atoms with Crippen molar-refractivity contribution < 1.29 is 0 Å². The minimum absolute atomic E-state index is 0.534. The summed E-state index contributed by atoms with van der Waals surface area (Å²) >= 11 is 0. The smallest absolute Gasteiger partial charge is 0.0462 e. The van der Waals surface area contributed by atoms with Crippen LogP contribution in [0.4, 0.5) is 17.1 Å². The van der Waals surface area contributed by atoms with E-state index in [1.54, 1.807) is 0 Å². The first-order chi connectivity index (χ1) is 19.7. The van der Waals surface area contributed by atoms with E-state index in [-0.39, 0.29) is 0 Å². The highest BCUT2D eigenvalue weighted by Gasteiger charge is 2.14. The van der Waals surface area contributed by atoms with Crippen molar-refractivity contribution in [2.75, 3.05) is 4.90 Å². The van der Waals surface area contributed by atoms with Gasteiger partial charge in [0.15, 0.2) is 0 Å². The van der Waals surface area contributed by atoms with Crippen molar-refractivity contribution in [3.8, 4) is 33.4 Å². The molecule has 0 aliphatic carbocycles. The molecule has 1 heteroatoms. The number of benzene rings is 6. The van der Waals surface area contributed by atoms with Gasteiger partial charge in [0.05, 0.1) is 0 Å². The minimum Gasteiger partial charge on any atom is -0.311 e. The predicted molar refractivity (Wildman–Crippen MR) is 172 cm³/mol. The Morgan fingerprint density at radius 1 is 0.325 bits per heavy atom. The van der Waals surface area contributed by atoms with Crippen LogP contribution in [0, 0.1) is 0 Å². The van der Waals surface area contributed by atoms with Gasteiger partial charge in [-0.25, -0.2) is 0 Å². The lowest BCUT2D eigenvalue weighted by molar-refractivity contribution is 0.867. The Hall–Kier alpha value is -4.88. The summed E-state index contributed by atoms with van der Waals surface area (Å²) in [5.41, 5.74) is 12.1. The lowest BCUT2D eigenvalue weighted by Gasteiger charge is -2.26. The van der Waals surface area contributed by atoms with Crippen LogP contribution in [0.3, 0.4) is 0 Å². The lowest BCUT2D eigenvalue weighted by Crippen LogP contribution is -2.09. The Kier molecular flexibility index (Phi) is 7.28. The van der Waals surface area contributed by atoms with Gasteiger partial charge in [-0.3, -0.25) is 0 Å². The molecule has 0 aliphatic heterocycles. The first-order valence-electron chi connectivity index (χ1n) is 14.0. The maximum Gasteiger partial charge on any atom is 0.0462 e. The van der Waals surface area contributed by atoms with Crippen molar-refractivity contribution in [1.82, 2.24) is 0 Å². The van der Waals surface area contributed by atoms with Gasteiger partial charge in [-0.15, -0.1) is 0 Å². The summed E-state index contributed by atoms with van der Waals surface area (Å²) in [4.78, 5) is 2.33. The highest BCUT2D eigenvalue weighted by atomic mass is 15.1. The van der Waals surface area contributed by atoms with Gasteiger partial charge in [-0.05, 0) is 81.3 Å². The minimum atomic E-state index is 0.534. The molecule has 0 spiro atoms. The van der Waals surface area contributed by atoms with E-state index in [0.29, 0.717) is 5.92 Å². The van der Waals surface area contributed by atoms with E-state index >= 15 is 0 Å². The zero-order chi connectivity index (χ0) is 27.3. The normalized spacial score (nSPS) is 11.0.